The van der Waals surface area contributed by atoms with Crippen LogP contribution in [0, 0.1) is 10.1 Å². The Morgan fingerprint density at radius 2 is 1.96 bits per heavy atom. The van der Waals surface area contributed by atoms with Gasteiger partial charge < -0.3 is 0 Å². The summed E-state index contributed by atoms with van der Waals surface area (Å²) in [5.74, 6) is 0.533. The fourth-order valence-electron chi connectivity index (χ4n) is 2.39. The molecule has 0 unspecified atom stereocenters. The molecule has 1 aliphatic rings. The van der Waals surface area contributed by atoms with E-state index < -0.39 is 14.9 Å². The van der Waals surface area contributed by atoms with Crippen LogP contribution in [0.2, 0.25) is 5.02 Å². The van der Waals surface area contributed by atoms with Gasteiger partial charge in [0.25, 0.3) is 15.7 Å². The Morgan fingerprint density at radius 3 is 2.62 bits per heavy atom. The van der Waals surface area contributed by atoms with Crippen molar-refractivity contribution < 1.29 is 13.3 Å². The summed E-state index contributed by atoms with van der Waals surface area (Å²) in [5, 5.41) is 11.8. The van der Waals surface area contributed by atoms with Gasteiger partial charge in [0, 0.05) is 22.9 Å². The normalized spacial score (nSPS) is 14.3. The molecule has 0 spiro atoms. The van der Waals surface area contributed by atoms with Gasteiger partial charge >= 0.3 is 0 Å². The van der Waals surface area contributed by atoms with Gasteiger partial charge in [0.05, 0.1) is 22.9 Å². The Balaban J connectivity index is 1.76. The van der Waals surface area contributed by atoms with E-state index in [1.54, 1.807) is 6.07 Å². The smallest absolute Gasteiger partial charge is 0.260 e. The third-order valence-corrected chi connectivity index (χ3v) is 6.90. The van der Waals surface area contributed by atoms with Crippen molar-refractivity contribution in [2.24, 2.45) is 4.99 Å². The largest absolute Gasteiger partial charge is 0.269 e. The molecule has 0 aliphatic carbocycles. The highest BCUT2D eigenvalue weighted by atomic mass is 35.5. The number of halogens is 1. The van der Waals surface area contributed by atoms with Gasteiger partial charge in [-0.15, -0.1) is 0 Å². The molecule has 2 aromatic carbocycles. The number of nitro benzene ring substituents is 1. The van der Waals surface area contributed by atoms with E-state index in [1.807, 2.05) is 18.2 Å². The number of aliphatic imine (C=N–C) groups is 1. The van der Waals surface area contributed by atoms with Crippen LogP contribution < -0.4 is 0 Å². The molecule has 0 atom stereocenters. The lowest BCUT2D eigenvalue weighted by Gasteiger charge is -2.19. The molecule has 0 aromatic heterocycles. The van der Waals surface area contributed by atoms with Crippen LogP contribution in [0.1, 0.15) is 5.56 Å². The molecule has 0 saturated carbocycles. The van der Waals surface area contributed by atoms with E-state index in [4.69, 9.17) is 11.6 Å². The Labute approximate surface area is 159 Å². The zero-order valence-electron chi connectivity index (χ0n) is 13.4. The molecule has 1 aliphatic heterocycles. The van der Waals surface area contributed by atoms with Gasteiger partial charge in [-0.3, -0.25) is 15.1 Å². The SMILES string of the molecule is O=[N+]([O-])c1ccc(S(=O)(=O)N2CCN=C2SCc2cccc(Cl)c2)cc1. The molecule has 0 fully saturated rings. The zero-order valence-corrected chi connectivity index (χ0v) is 15.8. The topological polar surface area (TPSA) is 92.9 Å². The summed E-state index contributed by atoms with van der Waals surface area (Å²) < 4.78 is 26.9. The second-order valence-corrected chi connectivity index (χ2v) is 8.65. The van der Waals surface area contributed by atoms with Gasteiger partial charge in [-0.2, -0.15) is 0 Å². The summed E-state index contributed by atoms with van der Waals surface area (Å²) in [6, 6.07) is 12.2. The minimum absolute atomic E-state index is 0.000977. The summed E-state index contributed by atoms with van der Waals surface area (Å²) >= 11 is 7.28. The summed E-state index contributed by atoms with van der Waals surface area (Å²) in [6.45, 7) is 0.626. The van der Waals surface area contributed by atoms with E-state index in [9.17, 15) is 18.5 Å². The molecule has 0 amide bonds. The maximum Gasteiger partial charge on any atom is 0.269 e. The standard InChI is InChI=1S/C16H14ClN3O4S2/c17-13-3-1-2-12(10-13)11-25-16-18-8-9-19(16)26(23,24)15-6-4-14(5-7-15)20(21)22/h1-7,10H,8-9,11H2. The summed E-state index contributed by atoms with van der Waals surface area (Å²) in [4.78, 5) is 14.4. The quantitative estimate of drug-likeness (QED) is 0.554. The maximum absolute atomic E-state index is 12.8. The van der Waals surface area contributed by atoms with Crippen LogP contribution in [0.15, 0.2) is 58.4 Å². The number of hydrogen-bond acceptors (Lipinski definition) is 6. The summed E-state index contributed by atoms with van der Waals surface area (Å²) in [6.07, 6.45) is 0. The fourth-order valence-corrected chi connectivity index (χ4v) is 5.27. The van der Waals surface area contributed by atoms with E-state index >= 15 is 0 Å². The highest BCUT2D eigenvalue weighted by molar-refractivity contribution is 8.14. The second kappa shape index (κ2) is 7.65. The molecule has 0 saturated heterocycles. The molecule has 136 valence electrons. The third kappa shape index (κ3) is 4.00. The number of rotatable bonds is 5. The predicted octanol–water partition coefficient (Wildman–Crippen LogP) is 3.54. The van der Waals surface area contributed by atoms with E-state index in [0.717, 1.165) is 5.56 Å². The van der Waals surface area contributed by atoms with Gasteiger partial charge in [-0.05, 0) is 29.8 Å². The Hall–Kier alpha value is -2.10. The average molecular weight is 412 g/mol. The van der Waals surface area contributed by atoms with Crippen molar-refractivity contribution in [2.75, 3.05) is 13.1 Å². The van der Waals surface area contributed by atoms with Gasteiger partial charge in [0.15, 0.2) is 5.17 Å². The lowest BCUT2D eigenvalue weighted by molar-refractivity contribution is -0.384. The molecule has 26 heavy (non-hydrogen) atoms. The van der Waals surface area contributed by atoms with Gasteiger partial charge in [0.1, 0.15) is 0 Å². The zero-order chi connectivity index (χ0) is 18.7. The Morgan fingerprint density at radius 1 is 1.23 bits per heavy atom. The monoisotopic (exact) mass is 411 g/mol. The van der Waals surface area contributed by atoms with Crippen molar-refractivity contribution in [1.29, 1.82) is 0 Å². The third-order valence-electron chi connectivity index (χ3n) is 3.66. The van der Waals surface area contributed by atoms with E-state index in [0.29, 0.717) is 22.5 Å². The lowest BCUT2D eigenvalue weighted by atomic mass is 10.2. The second-order valence-electron chi connectivity index (χ2n) is 5.41. The molecule has 1 heterocycles. The number of nitrogens with zero attached hydrogens (tertiary/aromatic N) is 3. The molecular formula is C16H14ClN3O4S2. The maximum atomic E-state index is 12.8. The fraction of sp³-hybridized carbons (Fsp3) is 0.188. The number of amidine groups is 1. The molecule has 3 rings (SSSR count). The first-order valence-corrected chi connectivity index (χ1v) is 10.4. The van der Waals surface area contributed by atoms with Crippen molar-refractivity contribution in [2.45, 2.75) is 10.6 Å². The van der Waals surface area contributed by atoms with E-state index in [1.165, 1.54) is 40.3 Å². The minimum Gasteiger partial charge on any atom is -0.260 e. The minimum atomic E-state index is -3.81. The van der Waals surface area contributed by atoms with Gasteiger partial charge in [0.2, 0.25) is 0 Å². The number of benzene rings is 2. The average Bonchev–Trinajstić information content (AvgIpc) is 3.09. The van der Waals surface area contributed by atoms with Crippen LogP contribution in [-0.4, -0.2) is 35.9 Å². The van der Waals surface area contributed by atoms with Crippen LogP contribution in [0.4, 0.5) is 5.69 Å². The highest BCUT2D eigenvalue weighted by Crippen LogP contribution is 2.27. The number of thioether (sulfide) groups is 1. The van der Waals surface area contributed by atoms with Crippen molar-refractivity contribution >= 4 is 44.2 Å². The van der Waals surface area contributed by atoms with Crippen LogP contribution in [0.5, 0.6) is 0 Å². The molecule has 0 radical (unpaired) electrons. The first-order chi connectivity index (χ1) is 12.4. The lowest BCUT2D eigenvalue weighted by Crippen LogP contribution is -2.32. The Bertz CT molecular complexity index is 962. The molecule has 10 heteroatoms. The number of sulfonamides is 1. The molecule has 0 N–H and O–H groups in total. The molecule has 7 nitrogen and oxygen atoms in total. The van der Waals surface area contributed by atoms with Crippen molar-refractivity contribution in [1.82, 2.24) is 4.31 Å². The van der Waals surface area contributed by atoms with Crippen LogP contribution in [-0.2, 0) is 15.8 Å². The van der Waals surface area contributed by atoms with E-state index in [2.05, 4.69) is 4.99 Å². The summed E-state index contributed by atoms with van der Waals surface area (Å²) in [7, 11) is -3.81. The number of nitro groups is 1. The first-order valence-electron chi connectivity index (χ1n) is 7.57. The van der Waals surface area contributed by atoms with E-state index in [-0.39, 0.29) is 17.1 Å². The van der Waals surface area contributed by atoms with Gasteiger partial charge in [-0.1, -0.05) is 35.5 Å². The Kier molecular flexibility index (Phi) is 5.49. The van der Waals surface area contributed by atoms with Crippen LogP contribution in [0.3, 0.4) is 0 Å². The number of non-ortho nitro benzene ring substituents is 1. The highest BCUT2D eigenvalue weighted by Gasteiger charge is 2.31. The summed E-state index contributed by atoms with van der Waals surface area (Å²) in [5.41, 5.74) is 0.805. The molecular weight excluding hydrogens is 398 g/mol. The van der Waals surface area contributed by atoms with Gasteiger partial charge in [-0.25, -0.2) is 12.7 Å². The van der Waals surface area contributed by atoms with Crippen molar-refractivity contribution in [3.8, 4) is 0 Å². The van der Waals surface area contributed by atoms with Crippen molar-refractivity contribution in [3.63, 3.8) is 0 Å². The number of hydrogen-bond donors (Lipinski definition) is 0. The molecule has 0 bridgehead atoms. The molecule has 2 aromatic rings. The first kappa shape index (κ1) is 18.7. The van der Waals surface area contributed by atoms with Crippen LogP contribution >= 0.6 is 23.4 Å². The van der Waals surface area contributed by atoms with Crippen molar-refractivity contribution in [3.05, 3.63) is 69.2 Å². The van der Waals surface area contributed by atoms with Crippen LogP contribution in [0.25, 0.3) is 0 Å². The predicted molar refractivity (Wildman–Crippen MR) is 102 cm³/mol.